The number of aromatic amines is 1. The summed E-state index contributed by atoms with van der Waals surface area (Å²) in [5.41, 5.74) is 1.64. The highest BCUT2D eigenvalue weighted by molar-refractivity contribution is 7.99. The largest absolute Gasteiger partial charge is 0.326 e. The predicted molar refractivity (Wildman–Crippen MR) is 73.2 cm³/mol. The number of thioether (sulfide) groups is 1. The van der Waals surface area contributed by atoms with E-state index in [0.717, 1.165) is 23.2 Å². The Morgan fingerprint density at radius 1 is 1.47 bits per heavy atom. The molecular formula is C12H13ClN2OS. The molecule has 0 amide bonds. The molecule has 0 bridgehead atoms. The van der Waals surface area contributed by atoms with Crippen molar-refractivity contribution in [2.75, 3.05) is 11.5 Å². The maximum atomic E-state index is 12.0. The second kappa shape index (κ2) is 4.42. The molecular weight excluding hydrogens is 256 g/mol. The summed E-state index contributed by atoms with van der Waals surface area (Å²) in [4.78, 5) is 14.9. The van der Waals surface area contributed by atoms with Crippen LogP contribution in [0.5, 0.6) is 0 Å². The van der Waals surface area contributed by atoms with E-state index in [1.807, 2.05) is 34.5 Å². The maximum absolute atomic E-state index is 12.0. The van der Waals surface area contributed by atoms with Crippen LogP contribution in [-0.4, -0.2) is 21.1 Å². The first-order valence-electron chi connectivity index (χ1n) is 5.74. The number of benzene rings is 1. The van der Waals surface area contributed by atoms with E-state index in [-0.39, 0.29) is 11.7 Å². The zero-order chi connectivity index (χ0) is 11.8. The number of nitrogens with zero attached hydrogens (tertiary/aromatic N) is 1. The second-order valence-corrected chi connectivity index (χ2v) is 5.86. The van der Waals surface area contributed by atoms with Gasteiger partial charge in [-0.1, -0.05) is 17.7 Å². The molecule has 0 aliphatic carbocycles. The third-order valence-electron chi connectivity index (χ3n) is 3.19. The van der Waals surface area contributed by atoms with E-state index in [9.17, 15) is 4.79 Å². The number of aromatic nitrogens is 2. The Morgan fingerprint density at radius 2 is 2.35 bits per heavy atom. The summed E-state index contributed by atoms with van der Waals surface area (Å²) >= 11 is 8.12. The molecule has 1 aliphatic heterocycles. The van der Waals surface area contributed by atoms with Gasteiger partial charge in [-0.25, -0.2) is 4.79 Å². The summed E-state index contributed by atoms with van der Waals surface area (Å²) in [6.07, 6.45) is 2.23. The van der Waals surface area contributed by atoms with Crippen LogP contribution in [0.2, 0.25) is 5.02 Å². The number of H-pyrrole nitrogens is 1. The quantitative estimate of drug-likeness (QED) is 0.863. The molecule has 2 heterocycles. The number of halogens is 1. The lowest BCUT2D eigenvalue weighted by Gasteiger charge is -2.22. The lowest BCUT2D eigenvalue weighted by Crippen LogP contribution is -2.26. The fourth-order valence-electron chi connectivity index (χ4n) is 2.41. The Balaban J connectivity index is 2.20. The van der Waals surface area contributed by atoms with Gasteiger partial charge in [-0.05, 0) is 30.7 Å². The number of hydrogen-bond acceptors (Lipinski definition) is 2. The number of rotatable bonds is 1. The van der Waals surface area contributed by atoms with Gasteiger partial charge in [0.1, 0.15) is 0 Å². The summed E-state index contributed by atoms with van der Waals surface area (Å²) in [6.45, 7) is 0. The van der Waals surface area contributed by atoms with E-state index >= 15 is 0 Å². The van der Waals surface area contributed by atoms with Crippen LogP contribution >= 0.6 is 23.4 Å². The first kappa shape index (κ1) is 11.2. The molecule has 17 heavy (non-hydrogen) atoms. The molecule has 3 rings (SSSR count). The molecule has 90 valence electrons. The van der Waals surface area contributed by atoms with Crippen LogP contribution in [0, 0.1) is 0 Å². The summed E-state index contributed by atoms with van der Waals surface area (Å²) in [6, 6.07) is 5.87. The van der Waals surface area contributed by atoms with Gasteiger partial charge in [0.25, 0.3) is 0 Å². The SMILES string of the molecule is O=c1[nH]c2cccc(Cl)c2n1C1CCCSC1. The van der Waals surface area contributed by atoms with Gasteiger partial charge in [0.2, 0.25) is 0 Å². The number of imidazole rings is 1. The van der Waals surface area contributed by atoms with Crippen LogP contribution < -0.4 is 5.69 Å². The third-order valence-corrected chi connectivity index (χ3v) is 4.69. The van der Waals surface area contributed by atoms with Crippen molar-refractivity contribution in [3.05, 3.63) is 33.7 Å². The molecule has 0 saturated carbocycles. The molecule has 1 aromatic heterocycles. The van der Waals surface area contributed by atoms with Crippen molar-refractivity contribution in [2.45, 2.75) is 18.9 Å². The summed E-state index contributed by atoms with van der Waals surface area (Å²) in [7, 11) is 0. The normalized spacial score (nSPS) is 20.9. The van der Waals surface area contributed by atoms with Crippen LogP contribution in [0.15, 0.2) is 23.0 Å². The van der Waals surface area contributed by atoms with Crippen LogP contribution in [0.4, 0.5) is 0 Å². The number of fused-ring (bicyclic) bond motifs is 1. The molecule has 1 aromatic carbocycles. The van der Waals surface area contributed by atoms with Gasteiger partial charge in [0.15, 0.2) is 0 Å². The van der Waals surface area contributed by atoms with Crippen molar-refractivity contribution in [3.8, 4) is 0 Å². The maximum Gasteiger partial charge on any atom is 0.326 e. The molecule has 1 aliphatic rings. The molecule has 5 heteroatoms. The van der Waals surface area contributed by atoms with E-state index in [4.69, 9.17) is 11.6 Å². The fourth-order valence-corrected chi connectivity index (χ4v) is 3.80. The molecule has 1 N–H and O–H groups in total. The smallest absolute Gasteiger partial charge is 0.305 e. The van der Waals surface area contributed by atoms with Crippen LogP contribution in [0.3, 0.4) is 0 Å². The van der Waals surface area contributed by atoms with Crippen molar-refractivity contribution < 1.29 is 0 Å². The highest BCUT2D eigenvalue weighted by atomic mass is 35.5. The van der Waals surface area contributed by atoms with Gasteiger partial charge in [-0.15, -0.1) is 0 Å². The lowest BCUT2D eigenvalue weighted by atomic mass is 10.2. The predicted octanol–water partition coefficient (Wildman–Crippen LogP) is 3.05. The van der Waals surface area contributed by atoms with Crippen molar-refractivity contribution >= 4 is 34.4 Å². The minimum absolute atomic E-state index is 0.0411. The van der Waals surface area contributed by atoms with Gasteiger partial charge < -0.3 is 4.98 Å². The molecule has 1 saturated heterocycles. The van der Waals surface area contributed by atoms with Gasteiger partial charge >= 0.3 is 5.69 Å². The molecule has 1 fully saturated rings. The number of nitrogens with one attached hydrogen (secondary N) is 1. The summed E-state index contributed by atoms with van der Waals surface area (Å²) in [5.74, 6) is 2.19. The van der Waals surface area contributed by atoms with Gasteiger partial charge in [0, 0.05) is 11.8 Å². The van der Waals surface area contributed by atoms with Crippen molar-refractivity contribution in [1.82, 2.24) is 9.55 Å². The average molecular weight is 269 g/mol. The van der Waals surface area contributed by atoms with Gasteiger partial charge in [-0.2, -0.15) is 11.8 Å². The summed E-state index contributed by atoms with van der Waals surface area (Å²) < 4.78 is 1.84. The number of para-hydroxylation sites is 1. The van der Waals surface area contributed by atoms with Crippen LogP contribution in [-0.2, 0) is 0 Å². The van der Waals surface area contributed by atoms with Gasteiger partial charge in [-0.3, -0.25) is 4.57 Å². The lowest BCUT2D eigenvalue weighted by molar-refractivity contribution is 0.499. The van der Waals surface area contributed by atoms with E-state index < -0.39 is 0 Å². The molecule has 1 unspecified atom stereocenters. The first-order valence-corrected chi connectivity index (χ1v) is 7.27. The average Bonchev–Trinajstić information content (AvgIpc) is 2.68. The molecule has 0 radical (unpaired) electrons. The number of hydrogen-bond donors (Lipinski definition) is 1. The van der Waals surface area contributed by atoms with Crippen LogP contribution in [0.1, 0.15) is 18.9 Å². The van der Waals surface area contributed by atoms with Crippen molar-refractivity contribution in [2.24, 2.45) is 0 Å². The monoisotopic (exact) mass is 268 g/mol. The molecule has 1 atom stereocenters. The Bertz CT molecular complexity index is 598. The van der Waals surface area contributed by atoms with E-state index in [2.05, 4.69) is 4.98 Å². The zero-order valence-electron chi connectivity index (χ0n) is 9.28. The van der Waals surface area contributed by atoms with Crippen LogP contribution in [0.25, 0.3) is 11.0 Å². The van der Waals surface area contributed by atoms with Crippen molar-refractivity contribution in [1.29, 1.82) is 0 Å². The second-order valence-electron chi connectivity index (χ2n) is 4.31. The molecule has 0 spiro atoms. The fraction of sp³-hybridized carbons (Fsp3) is 0.417. The van der Waals surface area contributed by atoms with E-state index in [0.29, 0.717) is 5.02 Å². The highest BCUT2D eigenvalue weighted by Gasteiger charge is 2.21. The minimum Gasteiger partial charge on any atom is -0.305 e. The minimum atomic E-state index is -0.0411. The van der Waals surface area contributed by atoms with E-state index in [1.165, 1.54) is 12.2 Å². The Morgan fingerprint density at radius 3 is 3.12 bits per heavy atom. The Kier molecular flexibility index (Phi) is 2.92. The molecule has 3 nitrogen and oxygen atoms in total. The Hall–Kier alpha value is -0.870. The van der Waals surface area contributed by atoms with E-state index in [1.54, 1.807) is 0 Å². The molecule has 2 aromatic rings. The van der Waals surface area contributed by atoms with Crippen molar-refractivity contribution in [3.63, 3.8) is 0 Å². The zero-order valence-corrected chi connectivity index (χ0v) is 10.9. The summed E-state index contributed by atoms with van der Waals surface area (Å²) in [5, 5.41) is 0.649. The first-order chi connectivity index (χ1) is 8.27. The third kappa shape index (κ3) is 1.89. The Labute approximate surface area is 108 Å². The standard InChI is InChI=1S/C12H13ClN2OS/c13-9-4-1-5-10-11(9)15(12(16)14-10)8-3-2-6-17-7-8/h1,4-5,8H,2-3,6-7H2,(H,14,16). The van der Waals surface area contributed by atoms with Gasteiger partial charge in [0.05, 0.1) is 16.1 Å². The topological polar surface area (TPSA) is 37.8 Å². The highest BCUT2D eigenvalue weighted by Crippen LogP contribution is 2.30.